The standard InChI is InChI=1S/C12H10N4O2/c1-7-9(14-6-13-7)5-8-11(15-16-12(8)17)10-3-2-4-18-10/h2-6H,1H3,(H2,15,16,17)/b9-5-. The predicted molar refractivity (Wildman–Crippen MR) is 68.7 cm³/mol. The van der Waals surface area contributed by atoms with Gasteiger partial charge in [0.2, 0.25) is 0 Å². The van der Waals surface area contributed by atoms with E-state index >= 15 is 0 Å². The second kappa shape index (κ2) is 3.99. The van der Waals surface area contributed by atoms with Gasteiger partial charge in [-0.1, -0.05) is 0 Å². The molecule has 1 aliphatic heterocycles. The minimum absolute atomic E-state index is 0.219. The van der Waals surface area contributed by atoms with Gasteiger partial charge in [-0.25, -0.2) is 9.98 Å². The van der Waals surface area contributed by atoms with Gasteiger partial charge >= 0.3 is 0 Å². The Morgan fingerprint density at radius 1 is 1.39 bits per heavy atom. The summed E-state index contributed by atoms with van der Waals surface area (Å²) in [4.78, 5) is 19.9. The van der Waals surface area contributed by atoms with Crippen molar-refractivity contribution >= 4 is 18.1 Å². The van der Waals surface area contributed by atoms with Gasteiger partial charge in [0.05, 0.1) is 23.2 Å². The highest BCUT2D eigenvalue weighted by molar-refractivity contribution is 6.09. The van der Waals surface area contributed by atoms with E-state index < -0.39 is 0 Å². The minimum Gasteiger partial charge on any atom is -0.463 e. The number of aliphatic imine (C=N–C) groups is 2. The summed E-state index contributed by atoms with van der Waals surface area (Å²) < 4.78 is 5.28. The predicted octanol–water partition coefficient (Wildman–Crippen LogP) is 1.81. The maximum absolute atomic E-state index is 11.8. The number of rotatable bonds is 2. The molecule has 3 heterocycles. The second-order valence-electron chi connectivity index (χ2n) is 3.83. The number of aromatic nitrogens is 2. The summed E-state index contributed by atoms with van der Waals surface area (Å²) in [6.07, 6.45) is 4.71. The minimum atomic E-state index is -0.219. The van der Waals surface area contributed by atoms with E-state index in [-0.39, 0.29) is 5.56 Å². The number of nitrogens with zero attached hydrogens (tertiary/aromatic N) is 2. The first kappa shape index (κ1) is 10.5. The quantitative estimate of drug-likeness (QED) is 0.841. The van der Waals surface area contributed by atoms with Gasteiger partial charge in [0, 0.05) is 0 Å². The Morgan fingerprint density at radius 3 is 2.94 bits per heavy atom. The fourth-order valence-electron chi connectivity index (χ4n) is 1.74. The number of hydrogen-bond donors (Lipinski definition) is 2. The van der Waals surface area contributed by atoms with Crippen molar-refractivity contribution in [1.82, 2.24) is 10.2 Å². The van der Waals surface area contributed by atoms with Gasteiger partial charge in [0.25, 0.3) is 5.56 Å². The number of aromatic amines is 2. The van der Waals surface area contributed by atoms with Crippen LogP contribution in [0, 0.1) is 0 Å². The molecule has 2 aromatic heterocycles. The van der Waals surface area contributed by atoms with Gasteiger partial charge in [-0.05, 0) is 25.1 Å². The van der Waals surface area contributed by atoms with Crippen molar-refractivity contribution in [3.8, 4) is 11.5 Å². The van der Waals surface area contributed by atoms with Crippen LogP contribution in [0.3, 0.4) is 0 Å². The lowest BCUT2D eigenvalue weighted by Gasteiger charge is -1.96. The molecule has 90 valence electrons. The van der Waals surface area contributed by atoms with E-state index in [1.807, 2.05) is 6.92 Å². The Bertz CT molecular complexity index is 714. The molecule has 0 aliphatic carbocycles. The first-order valence-electron chi connectivity index (χ1n) is 5.39. The molecule has 2 aromatic rings. The molecule has 18 heavy (non-hydrogen) atoms. The average Bonchev–Trinajstić information content (AvgIpc) is 3.04. The van der Waals surface area contributed by atoms with Crippen LogP contribution < -0.4 is 5.56 Å². The number of furan rings is 1. The molecule has 0 unspecified atom stereocenters. The molecule has 0 amide bonds. The Hall–Kier alpha value is -2.63. The van der Waals surface area contributed by atoms with Crippen molar-refractivity contribution in [2.45, 2.75) is 6.92 Å². The van der Waals surface area contributed by atoms with Crippen LogP contribution in [0.4, 0.5) is 0 Å². The zero-order chi connectivity index (χ0) is 12.5. The molecule has 0 atom stereocenters. The molecule has 0 bridgehead atoms. The number of allylic oxidation sites excluding steroid dienone is 1. The molecule has 0 fully saturated rings. The van der Waals surface area contributed by atoms with E-state index in [2.05, 4.69) is 20.2 Å². The Balaban J connectivity index is 2.13. The number of hydrogen-bond acceptors (Lipinski definition) is 4. The van der Waals surface area contributed by atoms with Crippen molar-refractivity contribution in [1.29, 1.82) is 0 Å². The fraction of sp³-hybridized carbons (Fsp3) is 0.0833. The van der Waals surface area contributed by atoms with E-state index in [1.54, 1.807) is 24.5 Å². The summed E-state index contributed by atoms with van der Waals surface area (Å²) in [5.41, 5.74) is 2.32. The summed E-state index contributed by atoms with van der Waals surface area (Å²) in [5.74, 6) is 0.594. The lowest BCUT2D eigenvalue weighted by molar-refractivity contribution is 0.579. The molecule has 2 N–H and O–H groups in total. The third-order valence-electron chi connectivity index (χ3n) is 2.68. The molecule has 0 radical (unpaired) electrons. The molecule has 0 saturated heterocycles. The van der Waals surface area contributed by atoms with Crippen LogP contribution in [0.5, 0.6) is 0 Å². The van der Waals surface area contributed by atoms with Crippen molar-refractivity contribution in [2.24, 2.45) is 9.98 Å². The topological polar surface area (TPSA) is 86.5 Å². The zero-order valence-corrected chi connectivity index (χ0v) is 9.60. The van der Waals surface area contributed by atoms with Crippen LogP contribution in [0.1, 0.15) is 12.5 Å². The second-order valence-corrected chi connectivity index (χ2v) is 3.83. The van der Waals surface area contributed by atoms with Crippen molar-refractivity contribution in [2.75, 3.05) is 0 Å². The van der Waals surface area contributed by atoms with Gasteiger partial charge in [0.15, 0.2) is 5.76 Å². The smallest absolute Gasteiger partial charge is 0.272 e. The van der Waals surface area contributed by atoms with Gasteiger partial charge in [-0.15, -0.1) is 0 Å². The van der Waals surface area contributed by atoms with Gasteiger partial charge in [0.1, 0.15) is 12.0 Å². The highest BCUT2D eigenvalue weighted by Crippen LogP contribution is 2.22. The van der Waals surface area contributed by atoms with Gasteiger partial charge < -0.3 is 4.42 Å². The molecule has 6 nitrogen and oxygen atoms in total. The highest BCUT2D eigenvalue weighted by atomic mass is 16.3. The van der Waals surface area contributed by atoms with E-state index in [4.69, 9.17) is 4.42 Å². The van der Waals surface area contributed by atoms with E-state index in [9.17, 15) is 4.79 Å². The summed E-state index contributed by atoms with van der Waals surface area (Å²) >= 11 is 0. The molecule has 0 saturated carbocycles. The molecule has 6 heteroatoms. The number of nitrogens with one attached hydrogen (secondary N) is 2. The SMILES string of the molecule is CC1=NC=N/C1=C\c1c(-c2ccco2)[nH][nH]c1=O. The van der Waals surface area contributed by atoms with Gasteiger partial charge in [-0.3, -0.25) is 15.0 Å². The Morgan fingerprint density at radius 2 is 2.28 bits per heavy atom. The van der Waals surface area contributed by atoms with Crippen LogP contribution in [0.2, 0.25) is 0 Å². The third kappa shape index (κ3) is 1.64. The monoisotopic (exact) mass is 242 g/mol. The van der Waals surface area contributed by atoms with Crippen LogP contribution >= 0.6 is 0 Å². The highest BCUT2D eigenvalue weighted by Gasteiger charge is 2.14. The van der Waals surface area contributed by atoms with Crippen molar-refractivity contribution in [3.63, 3.8) is 0 Å². The summed E-state index contributed by atoms with van der Waals surface area (Å²) in [6.45, 7) is 1.84. The van der Waals surface area contributed by atoms with Crippen LogP contribution in [0.25, 0.3) is 17.5 Å². The first-order valence-corrected chi connectivity index (χ1v) is 5.39. The van der Waals surface area contributed by atoms with E-state index in [1.165, 1.54) is 6.34 Å². The molecule has 0 spiro atoms. The Kier molecular flexibility index (Phi) is 2.33. The molecule has 1 aliphatic rings. The molecular weight excluding hydrogens is 232 g/mol. The van der Waals surface area contributed by atoms with E-state index in [0.717, 1.165) is 5.71 Å². The molecule has 0 aromatic carbocycles. The maximum Gasteiger partial charge on any atom is 0.272 e. The molecular formula is C12H10N4O2. The molecule has 3 rings (SSSR count). The van der Waals surface area contributed by atoms with Crippen LogP contribution in [0.15, 0.2) is 43.3 Å². The summed E-state index contributed by atoms with van der Waals surface area (Å²) in [6, 6.07) is 3.54. The average molecular weight is 242 g/mol. The van der Waals surface area contributed by atoms with Crippen LogP contribution in [-0.4, -0.2) is 22.2 Å². The summed E-state index contributed by atoms with van der Waals surface area (Å²) in [5, 5.41) is 5.34. The normalized spacial score (nSPS) is 16.5. The Labute approximate surface area is 102 Å². The largest absolute Gasteiger partial charge is 0.463 e. The summed E-state index contributed by atoms with van der Waals surface area (Å²) in [7, 11) is 0. The van der Waals surface area contributed by atoms with Crippen molar-refractivity contribution < 1.29 is 4.42 Å². The maximum atomic E-state index is 11.8. The van der Waals surface area contributed by atoms with Crippen molar-refractivity contribution in [3.05, 3.63) is 40.0 Å². The van der Waals surface area contributed by atoms with E-state index in [0.29, 0.717) is 22.7 Å². The van der Waals surface area contributed by atoms with Gasteiger partial charge in [-0.2, -0.15) is 0 Å². The third-order valence-corrected chi connectivity index (χ3v) is 2.68. The lowest BCUT2D eigenvalue weighted by atomic mass is 10.1. The lowest BCUT2D eigenvalue weighted by Crippen LogP contribution is -2.03. The van der Waals surface area contributed by atoms with Crippen LogP contribution in [-0.2, 0) is 0 Å². The number of H-pyrrole nitrogens is 2. The zero-order valence-electron chi connectivity index (χ0n) is 9.60. The fourth-order valence-corrected chi connectivity index (χ4v) is 1.74. The first-order chi connectivity index (χ1) is 8.75.